The van der Waals surface area contributed by atoms with Crippen molar-refractivity contribution < 1.29 is 9.84 Å². The molecule has 3 heterocycles. The Morgan fingerprint density at radius 2 is 1.85 bits per heavy atom. The zero-order valence-corrected chi connectivity index (χ0v) is 20.5. The van der Waals surface area contributed by atoms with Gasteiger partial charge in [-0.15, -0.1) is 12.4 Å². The molecule has 0 unspecified atom stereocenters. The molecule has 0 saturated heterocycles. The Labute approximate surface area is 206 Å². The van der Waals surface area contributed by atoms with Crippen LogP contribution in [-0.4, -0.2) is 27.4 Å². The zero-order chi connectivity index (χ0) is 23.2. The Morgan fingerprint density at radius 3 is 2.56 bits per heavy atom. The molecule has 7 heteroatoms. The number of pyridine rings is 1. The lowest BCUT2D eigenvalue weighted by molar-refractivity contribution is 0.295. The summed E-state index contributed by atoms with van der Waals surface area (Å²) >= 11 is 0. The largest absolute Gasteiger partial charge is 0.489 e. The summed E-state index contributed by atoms with van der Waals surface area (Å²) < 4.78 is 9.69. The van der Waals surface area contributed by atoms with Gasteiger partial charge in [-0.3, -0.25) is 9.36 Å². The van der Waals surface area contributed by atoms with E-state index in [2.05, 4.69) is 29.1 Å². The Kier molecular flexibility index (Phi) is 8.93. The van der Waals surface area contributed by atoms with Gasteiger partial charge in [0.05, 0.1) is 11.2 Å². The monoisotopic (exact) mass is 481 g/mol. The first kappa shape index (κ1) is 25.6. The number of hydrogen-bond donors (Lipinski definition) is 2. The van der Waals surface area contributed by atoms with Crippen molar-refractivity contribution in [3.8, 4) is 11.4 Å². The number of aliphatic hydroxyl groups is 1. The van der Waals surface area contributed by atoms with Gasteiger partial charge >= 0.3 is 0 Å². The van der Waals surface area contributed by atoms with E-state index in [9.17, 15) is 4.79 Å². The maximum absolute atomic E-state index is 12.7. The molecule has 4 aromatic rings. The Morgan fingerprint density at radius 1 is 1.09 bits per heavy atom. The number of fused-ring (bicyclic) bond motifs is 3. The van der Waals surface area contributed by atoms with Crippen LogP contribution in [0, 0.1) is 0 Å². The van der Waals surface area contributed by atoms with Gasteiger partial charge in [0.25, 0.3) is 5.56 Å². The molecular formula is C27H32ClN3O3. The highest BCUT2D eigenvalue weighted by atomic mass is 35.5. The molecule has 180 valence electrons. The minimum absolute atomic E-state index is 0. The van der Waals surface area contributed by atoms with Crippen molar-refractivity contribution in [3.63, 3.8) is 0 Å². The lowest BCUT2D eigenvalue weighted by Crippen LogP contribution is -2.24. The molecule has 0 amide bonds. The Bertz CT molecular complexity index is 1280. The standard InChI is InChI=1S/C24H23N3O2.C3H8O.ClH/c1-26-22-13-18(7-8-20(22)21-9-11-25-15-23(21)26)27-12-10-19(14-24(27)28)29-16-17-5-3-2-4-6-17;1-2-3-4;/h2-8,10,12-14,25H,9,11,15-16H2,1H3;4H,2-3H2,1H3;1H. The van der Waals surface area contributed by atoms with E-state index in [1.165, 1.54) is 16.6 Å². The van der Waals surface area contributed by atoms with Crippen LogP contribution in [0.1, 0.15) is 30.2 Å². The number of nitrogens with one attached hydrogen (secondary N) is 1. The minimum atomic E-state index is -0.101. The lowest BCUT2D eigenvalue weighted by Gasteiger charge is -2.14. The maximum Gasteiger partial charge on any atom is 0.258 e. The summed E-state index contributed by atoms with van der Waals surface area (Å²) in [7, 11) is 2.10. The quantitative estimate of drug-likeness (QED) is 0.444. The fourth-order valence-corrected chi connectivity index (χ4v) is 4.14. The van der Waals surface area contributed by atoms with Gasteiger partial charge < -0.3 is 19.7 Å². The second-order valence-electron chi connectivity index (χ2n) is 8.18. The third-order valence-electron chi connectivity index (χ3n) is 5.91. The number of benzene rings is 2. The molecule has 5 rings (SSSR count). The SMILES string of the molecule is CCCO.Cl.Cn1c2c(c3ccc(-n4ccc(OCc5ccccc5)cc4=O)cc31)CCNC2. The van der Waals surface area contributed by atoms with E-state index in [-0.39, 0.29) is 18.0 Å². The average Bonchev–Trinajstić information content (AvgIpc) is 3.15. The number of ether oxygens (including phenoxy) is 1. The number of aromatic nitrogens is 2. The molecule has 6 nitrogen and oxygen atoms in total. The Balaban J connectivity index is 0.000000603. The first-order valence-electron chi connectivity index (χ1n) is 11.4. The summed E-state index contributed by atoms with van der Waals surface area (Å²) in [4.78, 5) is 12.7. The molecule has 2 aromatic heterocycles. The molecule has 1 aliphatic rings. The topological polar surface area (TPSA) is 68.4 Å². The van der Waals surface area contributed by atoms with Gasteiger partial charge in [0.15, 0.2) is 0 Å². The van der Waals surface area contributed by atoms with Crippen LogP contribution in [0.15, 0.2) is 71.7 Å². The number of hydrogen-bond acceptors (Lipinski definition) is 4. The molecule has 0 fully saturated rings. The van der Waals surface area contributed by atoms with Crippen molar-refractivity contribution in [2.24, 2.45) is 7.05 Å². The van der Waals surface area contributed by atoms with Crippen molar-refractivity contribution in [1.82, 2.24) is 14.5 Å². The highest BCUT2D eigenvalue weighted by Gasteiger charge is 2.18. The van der Waals surface area contributed by atoms with Crippen LogP contribution >= 0.6 is 12.4 Å². The van der Waals surface area contributed by atoms with Crippen LogP contribution in [0.3, 0.4) is 0 Å². The molecule has 1 aliphatic heterocycles. The van der Waals surface area contributed by atoms with E-state index in [1.807, 2.05) is 49.4 Å². The van der Waals surface area contributed by atoms with Gasteiger partial charge in [-0.1, -0.05) is 43.3 Å². The predicted molar refractivity (Wildman–Crippen MR) is 139 cm³/mol. The lowest BCUT2D eigenvalue weighted by atomic mass is 10.0. The summed E-state index contributed by atoms with van der Waals surface area (Å²) in [5.41, 5.74) is 5.75. The normalized spacial score (nSPS) is 12.3. The number of halogens is 1. The average molecular weight is 482 g/mol. The van der Waals surface area contributed by atoms with Gasteiger partial charge in [-0.25, -0.2) is 0 Å². The van der Waals surface area contributed by atoms with Gasteiger partial charge in [0.1, 0.15) is 12.4 Å². The summed E-state index contributed by atoms with van der Waals surface area (Å²) in [5, 5.41) is 12.6. The molecule has 0 radical (unpaired) electrons. The molecule has 34 heavy (non-hydrogen) atoms. The van der Waals surface area contributed by atoms with E-state index < -0.39 is 0 Å². The molecule has 0 spiro atoms. The third-order valence-corrected chi connectivity index (χ3v) is 5.91. The number of aliphatic hydroxyl groups excluding tert-OH is 1. The number of rotatable bonds is 5. The van der Waals surface area contributed by atoms with Crippen molar-refractivity contribution >= 4 is 23.3 Å². The molecule has 0 saturated carbocycles. The molecular weight excluding hydrogens is 450 g/mol. The molecule has 0 atom stereocenters. The van der Waals surface area contributed by atoms with E-state index in [4.69, 9.17) is 9.84 Å². The zero-order valence-electron chi connectivity index (χ0n) is 19.7. The maximum atomic E-state index is 12.7. The van der Waals surface area contributed by atoms with Gasteiger partial charge in [0.2, 0.25) is 0 Å². The molecule has 2 aromatic carbocycles. The van der Waals surface area contributed by atoms with Gasteiger partial charge in [-0.05, 0) is 48.7 Å². The second kappa shape index (κ2) is 11.9. The molecule has 2 N–H and O–H groups in total. The second-order valence-corrected chi connectivity index (χ2v) is 8.18. The first-order chi connectivity index (χ1) is 16.1. The van der Waals surface area contributed by atoms with Gasteiger partial charge in [0, 0.05) is 43.5 Å². The van der Waals surface area contributed by atoms with Gasteiger partial charge in [-0.2, -0.15) is 0 Å². The summed E-state index contributed by atoms with van der Waals surface area (Å²) in [6.07, 6.45) is 3.70. The van der Waals surface area contributed by atoms with Crippen LogP contribution in [-0.2, 0) is 26.6 Å². The predicted octanol–water partition coefficient (Wildman–Crippen LogP) is 4.36. The van der Waals surface area contributed by atoms with Crippen LogP contribution < -0.4 is 15.6 Å². The third kappa shape index (κ3) is 5.53. The number of aryl methyl sites for hydroxylation is 1. The van der Waals surface area contributed by atoms with Crippen molar-refractivity contribution in [2.75, 3.05) is 13.2 Å². The summed E-state index contributed by atoms with van der Waals surface area (Å²) in [6.45, 7) is 4.60. The van der Waals surface area contributed by atoms with Crippen LogP contribution in [0.4, 0.5) is 0 Å². The van der Waals surface area contributed by atoms with Crippen LogP contribution in [0.2, 0.25) is 0 Å². The first-order valence-corrected chi connectivity index (χ1v) is 11.4. The molecule has 0 bridgehead atoms. The van der Waals surface area contributed by atoms with E-state index >= 15 is 0 Å². The van der Waals surface area contributed by atoms with Crippen molar-refractivity contribution in [3.05, 3.63) is 94.0 Å². The van der Waals surface area contributed by atoms with Crippen molar-refractivity contribution in [1.29, 1.82) is 0 Å². The molecule has 0 aliphatic carbocycles. The smallest absolute Gasteiger partial charge is 0.258 e. The highest BCUT2D eigenvalue weighted by molar-refractivity contribution is 5.87. The fourth-order valence-electron chi connectivity index (χ4n) is 4.14. The van der Waals surface area contributed by atoms with E-state index in [0.29, 0.717) is 19.0 Å². The number of nitrogens with zero attached hydrogens (tertiary/aromatic N) is 2. The minimum Gasteiger partial charge on any atom is -0.489 e. The fraction of sp³-hybridized carbons (Fsp3) is 0.296. The van der Waals surface area contributed by atoms with E-state index in [0.717, 1.165) is 42.7 Å². The van der Waals surface area contributed by atoms with E-state index in [1.54, 1.807) is 16.8 Å². The van der Waals surface area contributed by atoms with Crippen LogP contribution in [0.25, 0.3) is 16.6 Å². The highest BCUT2D eigenvalue weighted by Crippen LogP contribution is 2.29. The summed E-state index contributed by atoms with van der Waals surface area (Å²) in [5.74, 6) is 0.580. The Hall–Kier alpha value is -3.06. The summed E-state index contributed by atoms with van der Waals surface area (Å²) in [6, 6.07) is 19.6. The van der Waals surface area contributed by atoms with Crippen molar-refractivity contribution in [2.45, 2.75) is 32.9 Å². The van der Waals surface area contributed by atoms with Crippen LogP contribution in [0.5, 0.6) is 5.75 Å².